The molecule has 0 amide bonds. The molecule has 0 atom stereocenters. The van der Waals surface area contributed by atoms with E-state index in [4.69, 9.17) is 0 Å². The molecule has 0 radical (unpaired) electrons. The molecule has 434 valence electrons. The fraction of sp³-hybridized carbons (Fsp3) is 0.0870. The molecule has 0 aliphatic heterocycles. The predicted octanol–water partition coefficient (Wildman–Crippen LogP) is 25.5. The number of hydrogen-bond donors (Lipinski definition) is 0. The summed E-state index contributed by atoms with van der Waals surface area (Å²) in [5.41, 5.74) is 30.5. The first kappa shape index (κ1) is 54.1. The van der Waals surface area contributed by atoms with Gasteiger partial charge in [-0.3, -0.25) is 0 Å². The number of fused-ring (bicyclic) bond motifs is 12. The molecule has 18 rings (SSSR count). The van der Waals surface area contributed by atoms with Gasteiger partial charge in [-0.15, -0.1) is 0 Å². The molecular formula is C92H66. The van der Waals surface area contributed by atoms with E-state index < -0.39 is 0 Å². The van der Waals surface area contributed by atoms with E-state index in [0.29, 0.717) is 0 Å². The molecule has 92 heavy (non-hydrogen) atoms. The predicted molar refractivity (Wildman–Crippen MR) is 394 cm³/mol. The van der Waals surface area contributed by atoms with Gasteiger partial charge in [0.2, 0.25) is 0 Å². The minimum Gasteiger partial charge on any atom is -0.0616 e. The summed E-state index contributed by atoms with van der Waals surface area (Å²) >= 11 is 0. The lowest BCUT2D eigenvalue weighted by atomic mass is 9.78. The van der Waals surface area contributed by atoms with E-state index in [2.05, 4.69) is 333 Å². The Morgan fingerprint density at radius 2 is 0.359 bits per heavy atom. The van der Waals surface area contributed by atoms with Gasteiger partial charge >= 0.3 is 0 Å². The molecule has 2 aliphatic carbocycles. The van der Waals surface area contributed by atoms with Gasteiger partial charge in [-0.2, -0.15) is 0 Å². The summed E-state index contributed by atoms with van der Waals surface area (Å²) in [5, 5.41) is 15.2. The highest BCUT2D eigenvalue weighted by molar-refractivity contribution is 6.30. The minimum absolute atomic E-state index is 0.232. The van der Waals surface area contributed by atoms with Crippen molar-refractivity contribution in [1.29, 1.82) is 0 Å². The highest BCUT2D eigenvalue weighted by Gasteiger charge is 2.39. The summed E-state index contributed by atoms with van der Waals surface area (Å²) in [5.74, 6) is 0. The van der Waals surface area contributed by atoms with Crippen molar-refractivity contribution in [3.8, 4) is 100 Å². The number of hydrogen-bond acceptors (Lipinski definition) is 0. The third kappa shape index (κ3) is 8.03. The molecule has 16 aromatic carbocycles. The average Bonchev–Trinajstić information content (AvgIpc) is 1.24. The van der Waals surface area contributed by atoms with Gasteiger partial charge in [-0.1, -0.05) is 306 Å². The summed E-state index contributed by atoms with van der Waals surface area (Å²) in [6, 6.07) is 111. The minimum atomic E-state index is -0.249. The molecule has 0 N–H and O–H groups in total. The lowest BCUT2D eigenvalue weighted by Gasteiger charge is -2.24. The van der Waals surface area contributed by atoms with Crippen molar-refractivity contribution in [3.05, 3.63) is 325 Å². The monoisotopic (exact) mass is 1170 g/mol. The van der Waals surface area contributed by atoms with Gasteiger partial charge in [0, 0.05) is 10.8 Å². The van der Waals surface area contributed by atoms with Crippen molar-refractivity contribution >= 4 is 64.6 Å². The largest absolute Gasteiger partial charge is 0.0616 e. The fourth-order valence-corrected chi connectivity index (χ4v) is 16.6. The molecule has 0 saturated carbocycles. The first-order valence-electron chi connectivity index (χ1n) is 32.6. The van der Waals surface area contributed by atoms with Crippen molar-refractivity contribution in [2.24, 2.45) is 0 Å². The van der Waals surface area contributed by atoms with Gasteiger partial charge in [-0.05, 0) is 225 Å². The maximum atomic E-state index is 2.53. The second kappa shape index (κ2) is 20.3. The first-order valence-corrected chi connectivity index (χ1v) is 32.6. The molecule has 0 fully saturated rings. The molecule has 0 aromatic heterocycles. The van der Waals surface area contributed by atoms with Crippen molar-refractivity contribution in [3.63, 3.8) is 0 Å². The summed E-state index contributed by atoms with van der Waals surface area (Å²) < 4.78 is 0. The molecule has 16 aromatic rings. The lowest BCUT2D eigenvalue weighted by Crippen LogP contribution is -2.15. The maximum Gasteiger partial charge on any atom is 0.0159 e. The Kier molecular flexibility index (Phi) is 11.9. The highest BCUT2D eigenvalue weighted by Crippen LogP contribution is 2.56. The molecule has 0 spiro atoms. The maximum absolute atomic E-state index is 2.53. The van der Waals surface area contributed by atoms with Crippen LogP contribution >= 0.6 is 0 Å². The Hall–Kier alpha value is -10.9. The van der Waals surface area contributed by atoms with E-state index in [-0.39, 0.29) is 10.8 Å². The van der Waals surface area contributed by atoms with E-state index in [1.54, 1.807) is 0 Å². The molecule has 0 bridgehead atoms. The third-order valence-electron chi connectivity index (χ3n) is 21.2. The van der Waals surface area contributed by atoms with E-state index in [0.717, 1.165) is 0 Å². The second-order valence-corrected chi connectivity index (χ2v) is 27.1. The van der Waals surface area contributed by atoms with Gasteiger partial charge in [-0.25, -0.2) is 0 Å². The van der Waals surface area contributed by atoms with E-state index in [1.165, 1.54) is 198 Å². The van der Waals surface area contributed by atoms with E-state index >= 15 is 0 Å². The Labute approximate surface area is 538 Å². The molecule has 0 nitrogen and oxygen atoms in total. The van der Waals surface area contributed by atoms with E-state index in [1.807, 2.05) is 0 Å². The van der Waals surface area contributed by atoms with Crippen molar-refractivity contribution < 1.29 is 0 Å². The normalized spacial score (nSPS) is 13.5. The van der Waals surface area contributed by atoms with Crippen molar-refractivity contribution in [2.45, 2.75) is 52.4 Å². The molecule has 2 aliphatic rings. The van der Waals surface area contributed by atoms with Crippen LogP contribution in [0.15, 0.2) is 291 Å². The van der Waals surface area contributed by atoms with Crippen LogP contribution in [0.1, 0.15) is 61.1 Å². The van der Waals surface area contributed by atoms with Crippen LogP contribution in [0.5, 0.6) is 0 Å². The molecular weight excluding hydrogens is 1110 g/mol. The molecule has 0 saturated heterocycles. The number of aryl methyl sites for hydroxylation is 2. The summed E-state index contributed by atoms with van der Waals surface area (Å²) in [4.78, 5) is 0. The molecule has 0 heterocycles. The van der Waals surface area contributed by atoms with Crippen LogP contribution in [0.4, 0.5) is 0 Å². The van der Waals surface area contributed by atoms with E-state index in [9.17, 15) is 0 Å². The summed E-state index contributed by atoms with van der Waals surface area (Å²) in [7, 11) is 0. The zero-order chi connectivity index (χ0) is 61.7. The van der Waals surface area contributed by atoms with Crippen molar-refractivity contribution in [2.75, 3.05) is 0 Å². The Bertz CT molecular complexity index is 5620. The van der Waals surface area contributed by atoms with Crippen LogP contribution in [0.25, 0.3) is 165 Å². The molecule has 0 heteroatoms. The van der Waals surface area contributed by atoms with Crippen molar-refractivity contribution in [1.82, 2.24) is 0 Å². The standard InChI is InChI=1S/C92H66/c1-55-31-35-57(36-32-55)58-39-41-60(42-40-58)86-69-19-7-9-21-71(69)87(72-22-10-8-20-70(72)86)63-45-49-67-65-47-43-61(51-81(65)91(3,4)83(67)53-63)62-44-48-66-68-50-46-64(54-84(68)92(5,6)82(66)52-62)88-75-25-13-17-29-79(75)90(80-30-18-14-26-76(80)88)89-77-27-15-11-23-73(77)85(59-37-33-56(2)34-38-59)74-24-12-16-28-78(74)89/h7-54H,1-6H3. The molecule has 0 unspecified atom stereocenters. The van der Waals surface area contributed by atoms with Gasteiger partial charge in [0.15, 0.2) is 0 Å². The van der Waals surface area contributed by atoms with Crippen LogP contribution in [0.2, 0.25) is 0 Å². The topological polar surface area (TPSA) is 0 Å². The Balaban J connectivity index is 0.703. The number of rotatable bonds is 7. The summed E-state index contributed by atoms with van der Waals surface area (Å²) in [6.45, 7) is 14.0. The highest BCUT2D eigenvalue weighted by atomic mass is 14.4. The van der Waals surface area contributed by atoms with Crippen LogP contribution < -0.4 is 0 Å². The quantitative estimate of drug-likeness (QED) is 0.140. The van der Waals surface area contributed by atoms with Crippen LogP contribution in [0.3, 0.4) is 0 Å². The van der Waals surface area contributed by atoms with Gasteiger partial charge in [0.05, 0.1) is 0 Å². The zero-order valence-electron chi connectivity index (χ0n) is 52.7. The number of benzene rings is 16. The fourth-order valence-electron chi connectivity index (χ4n) is 16.6. The smallest absolute Gasteiger partial charge is 0.0159 e. The Morgan fingerprint density at radius 3 is 0.630 bits per heavy atom. The van der Waals surface area contributed by atoms with Crippen LogP contribution in [0, 0.1) is 13.8 Å². The van der Waals surface area contributed by atoms with Gasteiger partial charge < -0.3 is 0 Å². The first-order chi connectivity index (χ1) is 45.0. The van der Waals surface area contributed by atoms with Gasteiger partial charge in [0.1, 0.15) is 0 Å². The van der Waals surface area contributed by atoms with Crippen LogP contribution in [-0.2, 0) is 10.8 Å². The average molecular weight is 1170 g/mol. The second-order valence-electron chi connectivity index (χ2n) is 27.1. The SMILES string of the molecule is Cc1ccc(-c2ccc(-c3c4ccccc4c(-c4ccc5c(c4)C(C)(C)c4cc(-c6ccc7c(c6)C(C)(C)c6cc(-c8c9ccccc9c(-c9c%10ccccc%10c(-c%10ccc(C)cc%10)c%10ccccc9%10)c9ccccc89)ccc6-7)ccc4-5)c4ccccc34)cc2)cc1. The lowest BCUT2D eigenvalue weighted by molar-refractivity contribution is 0.660. The third-order valence-corrected chi connectivity index (χ3v) is 21.2. The summed E-state index contributed by atoms with van der Waals surface area (Å²) in [6.07, 6.45) is 0. The Morgan fingerprint density at radius 1 is 0.174 bits per heavy atom. The van der Waals surface area contributed by atoms with Gasteiger partial charge in [0.25, 0.3) is 0 Å². The zero-order valence-corrected chi connectivity index (χ0v) is 52.7. The van der Waals surface area contributed by atoms with Crippen LogP contribution in [-0.4, -0.2) is 0 Å².